The van der Waals surface area contributed by atoms with E-state index >= 15 is 0 Å². The van der Waals surface area contributed by atoms with Crippen LogP contribution in [0.4, 0.5) is 0 Å². The maximum absolute atomic E-state index is 9.46. The van der Waals surface area contributed by atoms with Gasteiger partial charge >= 0.3 is 0 Å². The smallest absolute Gasteiger partial charge is 0.179 e. The lowest BCUT2D eigenvalue weighted by molar-refractivity contribution is 0.170. The predicted molar refractivity (Wildman–Crippen MR) is 46.1 cm³/mol. The number of ether oxygens (including phenoxy) is 1. The van der Waals surface area contributed by atoms with Crippen LogP contribution in [0.1, 0.15) is 25.0 Å². The average molecular weight is 172 g/mol. The Bertz CT molecular complexity index is 220. The first kappa shape index (κ1) is 8.56. The van der Waals surface area contributed by atoms with Crippen molar-refractivity contribution in [2.75, 3.05) is 7.11 Å². The van der Waals surface area contributed by atoms with E-state index in [1.807, 2.05) is 18.4 Å². The summed E-state index contributed by atoms with van der Waals surface area (Å²) in [5, 5.41) is 12.2. The zero-order valence-corrected chi connectivity index (χ0v) is 7.52. The van der Waals surface area contributed by atoms with Crippen molar-refractivity contribution in [3.8, 4) is 5.06 Å². The minimum Gasteiger partial charge on any atom is -0.487 e. The molecule has 1 aromatic rings. The molecule has 1 rings (SSSR count). The summed E-state index contributed by atoms with van der Waals surface area (Å²) in [6.07, 6.45) is 0.351. The number of aliphatic hydroxyl groups is 1. The third kappa shape index (κ3) is 1.73. The molecule has 1 heterocycles. The fourth-order valence-electron chi connectivity index (χ4n) is 0.938. The van der Waals surface area contributed by atoms with Gasteiger partial charge in [0.15, 0.2) is 5.06 Å². The van der Waals surface area contributed by atoms with Crippen LogP contribution in [0, 0.1) is 0 Å². The molecule has 0 aliphatic rings. The number of thiophene rings is 1. The Morgan fingerprint density at radius 1 is 1.73 bits per heavy atom. The molecule has 0 aliphatic carbocycles. The molecule has 1 aromatic heterocycles. The molecule has 0 aliphatic heterocycles. The Hall–Kier alpha value is -0.540. The Morgan fingerprint density at radius 2 is 2.45 bits per heavy atom. The average Bonchev–Trinajstić information content (AvgIpc) is 2.50. The van der Waals surface area contributed by atoms with Crippen LogP contribution in [-0.4, -0.2) is 12.2 Å². The maximum Gasteiger partial charge on any atom is 0.179 e. The zero-order valence-electron chi connectivity index (χ0n) is 6.70. The first-order valence-corrected chi connectivity index (χ1v) is 4.47. The van der Waals surface area contributed by atoms with Gasteiger partial charge in [-0.1, -0.05) is 6.92 Å². The molecule has 1 unspecified atom stereocenters. The van der Waals surface area contributed by atoms with Crippen LogP contribution in [-0.2, 0) is 0 Å². The fourth-order valence-corrected chi connectivity index (χ4v) is 1.71. The van der Waals surface area contributed by atoms with Crippen molar-refractivity contribution < 1.29 is 9.84 Å². The second-order valence-electron chi connectivity index (χ2n) is 2.29. The summed E-state index contributed by atoms with van der Waals surface area (Å²) in [4.78, 5) is 0. The Kier molecular flexibility index (Phi) is 2.91. The highest BCUT2D eigenvalue weighted by Gasteiger charge is 2.11. The molecule has 1 atom stereocenters. The summed E-state index contributed by atoms with van der Waals surface area (Å²) in [5.74, 6) is 0. The van der Waals surface area contributed by atoms with Crippen molar-refractivity contribution in [2.45, 2.75) is 19.4 Å². The topological polar surface area (TPSA) is 29.5 Å². The van der Waals surface area contributed by atoms with Gasteiger partial charge < -0.3 is 9.84 Å². The van der Waals surface area contributed by atoms with Crippen molar-refractivity contribution in [1.29, 1.82) is 0 Å². The van der Waals surface area contributed by atoms with Crippen molar-refractivity contribution in [3.05, 3.63) is 17.0 Å². The van der Waals surface area contributed by atoms with E-state index in [2.05, 4.69) is 0 Å². The SMILES string of the molecule is CCC(O)c1ccsc1OC. The highest BCUT2D eigenvalue weighted by atomic mass is 32.1. The number of aliphatic hydroxyl groups excluding tert-OH is 1. The molecule has 0 aromatic carbocycles. The fraction of sp³-hybridized carbons (Fsp3) is 0.500. The molecule has 0 bridgehead atoms. The molecular formula is C8H12O2S. The van der Waals surface area contributed by atoms with E-state index in [4.69, 9.17) is 4.74 Å². The summed E-state index contributed by atoms with van der Waals surface area (Å²) in [6, 6.07) is 1.90. The van der Waals surface area contributed by atoms with Crippen molar-refractivity contribution in [3.63, 3.8) is 0 Å². The molecule has 11 heavy (non-hydrogen) atoms. The molecule has 2 nitrogen and oxygen atoms in total. The van der Waals surface area contributed by atoms with E-state index in [0.717, 1.165) is 17.0 Å². The van der Waals surface area contributed by atoms with Gasteiger partial charge in [0.2, 0.25) is 0 Å². The third-order valence-electron chi connectivity index (χ3n) is 1.59. The van der Waals surface area contributed by atoms with Crippen molar-refractivity contribution >= 4 is 11.3 Å². The van der Waals surface area contributed by atoms with E-state index in [0.29, 0.717) is 0 Å². The quantitative estimate of drug-likeness (QED) is 0.757. The van der Waals surface area contributed by atoms with Crippen LogP contribution in [0.5, 0.6) is 5.06 Å². The first-order valence-electron chi connectivity index (χ1n) is 3.59. The van der Waals surface area contributed by atoms with Crippen LogP contribution in [0.25, 0.3) is 0 Å². The molecule has 0 amide bonds. The van der Waals surface area contributed by atoms with E-state index in [9.17, 15) is 5.11 Å². The third-order valence-corrected chi connectivity index (χ3v) is 2.48. The Balaban J connectivity index is 2.83. The van der Waals surface area contributed by atoms with Crippen LogP contribution in [0.15, 0.2) is 11.4 Å². The van der Waals surface area contributed by atoms with Gasteiger partial charge in [-0.2, -0.15) is 0 Å². The predicted octanol–water partition coefficient (Wildman–Crippen LogP) is 2.20. The Labute approximate surface area is 70.4 Å². The molecule has 1 N–H and O–H groups in total. The highest BCUT2D eigenvalue weighted by molar-refractivity contribution is 7.12. The normalized spacial score (nSPS) is 13.0. The van der Waals surface area contributed by atoms with Gasteiger partial charge in [0, 0.05) is 5.56 Å². The minimum absolute atomic E-state index is 0.379. The summed E-state index contributed by atoms with van der Waals surface area (Å²) in [6.45, 7) is 1.95. The maximum atomic E-state index is 9.46. The largest absolute Gasteiger partial charge is 0.487 e. The molecule has 0 saturated heterocycles. The molecule has 0 spiro atoms. The first-order chi connectivity index (χ1) is 5.29. The molecule has 0 radical (unpaired) electrons. The summed E-state index contributed by atoms with van der Waals surface area (Å²) in [7, 11) is 1.62. The second-order valence-corrected chi connectivity index (χ2v) is 3.17. The second kappa shape index (κ2) is 3.74. The van der Waals surface area contributed by atoms with E-state index in [1.54, 1.807) is 7.11 Å². The number of methoxy groups -OCH3 is 1. The van der Waals surface area contributed by atoms with Gasteiger partial charge in [0.1, 0.15) is 0 Å². The molecular weight excluding hydrogens is 160 g/mol. The zero-order chi connectivity index (χ0) is 8.27. The van der Waals surface area contributed by atoms with Crippen LogP contribution in [0.3, 0.4) is 0 Å². The van der Waals surface area contributed by atoms with E-state index in [1.165, 1.54) is 11.3 Å². The van der Waals surface area contributed by atoms with Crippen LogP contribution >= 0.6 is 11.3 Å². The number of hydrogen-bond donors (Lipinski definition) is 1. The molecule has 3 heteroatoms. The van der Waals surface area contributed by atoms with Crippen molar-refractivity contribution in [1.82, 2.24) is 0 Å². The molecule has 0 saturated carbocycles. The molecule has 0 fully saturated rings. The lowest BCUT2D eigenvalue weighted by Gasteiger charge is -2.06. The van der Waals surface area contributed by atoms with Gasteiger partial charge in [-0.15, -0.1) is 11.3 Å². The summed E-state index contributed by atoms with van der Waals surface area (Å²) < 4.78 is 5.07. The van der Waals surface area contributed by atoms with Gasteiger partial charge in [-0.3, -0.25) is 0 Å². The summed E-state index contributed by atoms with van der Waals surface area (Å²) in [5.41, 5.74) is 0.903. The summed E-state index contributed by atoms with van der Waals surface area (Å²) >= 11 is 1.51. The van der Waals surface area contributed by atoms with E-state index in [-0.39, 0.29) is 6.10 Å². The van der Waals surface area contributed by atoms with Gasteiger partial charge in [0.25, 0.3) is 0 Å². The molecule has 62 valence electrons. The Morgan fingerprint density at radius 3 is 3.00 bits per heavy atom. The van der Waals surface area contributed by atoms with Gasteiger partial charge in [-0.25, -0.2) is 0 Å². The van der Waals surface area contributed by atoms with Gasteiger partial charge in [-0.05, 0) is 17.9 Å². The number of hydrogen-bond acceptors (Lipinski definition) is 3. The number of rotatable bonds is 3. The monoisotopic (exact) mass is 172 g/mol. The lowest BCUT2D eigenvalue weighted by atomic mass is 10.1. The minimum atomic E-state index is -0.379. The van der Waals surface area contributed by atoms with E-state index < -0.39 is 0 Å². The van der Waals surface area contributed by atoms with Crippen LogP contribution in [0.2, 0.25) is 0 Å². The van der Waals surface area contributed by atoms with Gasteiger partial charge in [0.05, 0.1) is 13.2 Å². The van der Waals surface area contributed by atoms with Crippen LogP contribution < -0.4 is 4.74 Å². The van der Waals surface area contributed by atoms with Crippen molar-refractivity contribution in [2.24, 2.45) is 0 Å². The standard InChI is InChI=1S/C8H12O2S/c1-3-7(9)6-4-5-11-8(6)10-2/h4-5,7,9H,3H2,1-2H3. The lowest BCUT2D eigenvalue weighted by Crippen LogP contribution is -1.95. The highest BCUT2D eigenvalue weighted by Crippen LogP contribution is 2.31.